The standard InChI is InChI=1S/C38H46O9/c1-19(2)10-9-15-36(8)16-14-22-28(39)26-30(41)27-29(40)24-18-25-35(6,7)47-37(33(24)42,17-13-21(5)34(43)44)38(25,27)46-32(26)23(31(22)45-36)12-11-20(3)4/h10-11,13-14,16,24-25,27,29,39-40H,9,12,15,17-18H2,1-8H3,(H,43,44)/t24-,25?,27+,29-,36-,37?,38-/m0/s1. The van der Waals surface area contributed by atoms with Crippen molar-refractivity contribution in [3.63, 3.8) is 0 Å². The molecule has 2 unspecified atom stereocenters. The topological polar surface area (TPSA) is 140 Å². The van der Waals surface area contributed by atoms with Crippen LogP contribution in [-0.2, 0) is 20.7 Å². The fourth-order valence-corrected chi connectivity index (χ4v) is 8.76. The number of benzene rings is 1. The van der Waals surface area contributed by atoms with Crippen molar-refractivity contribution in [3.8, 4) is 17.2 Å². The Labute approximate surface area is 276 Å². The first kappa shape index (κ1) is 33.2. The van der Waals surface area contributed by atoms with Gasteiger partial charge in [0, 0.05) is 29.4 Å². The van der Waals surface area contributed by atoms with Crippen molar-refractivity contribution >= 4 is 23.6 Å². The molecule has 0 amide bonds. The van der Waals surface area contributed by atoms with Gasteiger partial charge in [0.1, 0.15) is 28.4 Å². The Morgan fingerprint density at radius 2 is 1.68 bits per heavy atom. The van der Waals surface area contributed by atoms with E-state index in [1.165, 1.54) is 18.6 Å². The number of ketones is 2. The summed E-state index contributed by atoms with van der Waals surface area (Å²) in [5, 5.41) is 33.2. The molecular formula is C38H46O9. The largest absolute Gasteiger partial charge is 0.506 e. The van der Waals surface area contributed by atoms with Crippen molar-refractivity contribution in [2.24, 2.45) is 17.8 Å². The highest BCUT2D eigenvalue weighted by Crippen LogP contribution is 2.70. The molecule has 0 aromatic heterocycles. The highest BCUT2D eigenvalue weighted by molar-refractivity contribution is 6.10. The number of aliphatic carboxylic acids is 1. The number of fused-ring (bicyclic) bond motifs is 2. The number of hydrogen-bond donors (Lipinski definition) is 3. The Kier molecular flexibility index (Phi) is 7.72. The maximum atomic E-state index is 14.8. The number of carboxylic acids is 1. The van der Waals surface area contributed by atoms with Gasteiger partial charge in [-0.2, -0.15) is 0 Å². The van der Waals surface area contributed by atoms with Crippen LogP contribution in [0.5, 0.6) is 17.2 Å². The molecule has 6 aliphatic rings. The fraction of sp³-hybridized carbons (Fsp3) is 0.553. The lowest BCUT2D eigenvalue weighted by Gasteiger charge is -2.62. The van der Waals surface area contributed by atoms with E-state index in [4.69, 9.17) is 14.2 Å². The number of ether oxygens (including phenoxy) is 3. The van der Waals surface area contributed by atoms with E-state index in [1.54, 1.807) is 6.08 Å². The van der Waals surface area contributed by atoms with Crippen LogP contribution in [-0.4, -0.2) is 61.4 Å². The summed E-state index contributed by atoms with van der Waals surface area (Å²) in [4.78, 5) is 41.1. The molecule has 0 radical (unpaired) electrons. The predicted octanol–water partition coefficient (Wildman–Crippen LogP) is 6.29. The molecule has 1 saturated heterocycles. The van der Waals surface area contributed by atoms with Gasteiger partial charge < -0.3 is 29.5 Å². The molecule has 4 bridgehead atoms. The van der Waals surface area contributed by atoms with Gasteiger partial charge in [0.05, 0.1) is 23.2 Å². The molecule has 3 aliphatic heterocycles. The van der Waals surface area contributed by atoms with Crippen LogP contribution >= 0.6 is 0 Å². The van der Waals surface area contributed by atoms with Crippen molar-refractivity contribution in [1.29, 1.82) is 0 Å². The normalized spacial score (nSPS) is 34.1. The van der Waals surface area contributed by atoms with Crippen LogP contribution in [0.3, 0.4) is 0 Å². The summed E-state index contributed by atoms with van der Waals surface area (Å²) in [7, 11) is 0. The van der Waals surface area contributed by atoms with Gasteiger partial charge in [0.15, 0.2) is 22.8 Å². The van der Waals surface area contributed by atoms with Gasteiger partial charge in [-0.25, -0.2) is 4.79 Å². The smallest absolute Gasteiger partial charge is 0.330 e. The molecule has 7 rings (SSSR count). The van der Waals surface area contributed by atoms with Crippen LogP contribution in [0.2, 0.25) is 0 Å². The van der Waals surface area contributed by atoms with Gasteiger partial charge in [0.2, 0.25) is 0 Å². The van der Waals surface area contributed by atoms with E-state index < -0.39 is 63.8 Å². The first-order valence-electron chi connectivity index (χ1n) is 16.5. The van der Waals surface area contributed by atoms with Crippen LogP contribution in [0, 0.1) is 17.8 Å². The van der Waals surface area contributed by atoms with E-state index in [0.717, 1.165) is 12.0 Å². The second-order valence-corrected chi connectivity index (χ2v) is 15.2. The highest BCUT2D eigenvalue weighted by atomic mass is 16.6. The summed E-state index contributed by atoms with van der Waals surface area (Å²) in [5.41, 5.74) is -1.91. The third-order valence-corrected chi connectivity index (χ3v) is 11.1. The van der Waals surface area contributed by atoms with Crippen LogP contribution in [0.1, 0.15) is 103 Å². The second kappa shape index (κ2) is 10.9. The van der Waals surface area contributed by atoms with Crippen molar-refractivity contribution < 1.29 is 43.9 Å². The molecule has 7 atom stereocenters. The van der Waals surface area contributed by atoms with Crippen LogP contribution in [0.15, 0.2) is 41.0 Å². The summed E-state index contributed by atoms with van der Waals surface area (Å²) in [6.45, 7) is 15.1. The van der Waals surface area contributed by atoms with Gasteiger partial charge in [-0.05, 0) is 93.2 Å². The Hall–Kier alpha value is -3.69. The Balaban J connectivity index is 1.60. The fourth-order valence-electron chi connectivity index (χ4n) is 8.76. The summed E-state index contributed by atoms with van der Waals surface area (Å²) >= 11 is 0. The van der Waals surface area contributed by atoms with Crippen molar-refractivity contribution in [1.82, 2.24) is 0 Å². The lowest BCUT2D eigenvalue weighted by Crippen LogP contribution is -2.80. The highest BCUT2D eigenvalue weighted by Gasteiger charge is 2.85. The maximum Gasteiger partial charge on any atom is 0.330 e. The SMILES string of the molecule is CC(C)=CCC[C@@]1(C)C=Cc2c(O)c3c(c(CC=C(C)C)c2O1)O[C@]12C4C[C@H](C(=O)C1(CC=C(C)C(=O)O)OC4(C)C)[C@H](O)[C@@H]2C3=O. The van der Waals surface area contributed by atoms with Gasteiger partial charge in [-0.15, -0.1) is 0 Å². The first-order valence-corrected chi connectivity index (χ1v) is 16.5. The Morgan fingerprint density at radius 3 is 2.32 bits per heavy atom. The number of carbonyl (C=O) groups excluding carboxylic acids is 2. The van der Waals surface area contributed by atoms with Gasteiger partial charge in [-0.1, -0.05) is 29.4 Å². The van der Waals surface area contributed by atoms with E-state index >= 15 is 0 Å². The van der Waals surface area contributed by atoms with Crippen LogP contribution in [0.25, 0.3) is 6.08 Å². The lowest BCUT2D eigenvalue weighted by molar-refractivity contribution is -0.220. The van der Waals surface area contributed by atoms with E-state index in [-0.39, 0.29) is 35.5 Å². The number of carboxylic acid groups (broad SMARTS) is 1. The number of rotatable bonds is 8. The lowest BCUT2D eigenvalue weighted by atomic mass is 9.45. The minimum atomic E-state index is -1.74. The van der Waals surface area contributed by atoms with Gasteiger partial charge in [-0.3, -0.25) is 9.59 Å². The Bertz CT molecular complexity index is 1700. The number of phenolic OH excluding ortho intramolecular Hbond substituents is 1. The third-order valence-electron chi connectivity index (χ3n) is 11.1. The maximum absolute atomic E-state index is 14.8. The van der Waals surface area contributed by atoms with Gasteiger partial charge >= 0.3 is 5.97 Å². The molecule has 1 aromatic rings. The predicted molar refractivity (Wildman–Crippen MR) is 176 cm³/mol. The quantitative estimate of drug-likeness (QED) is 0.220. The molecule has 252 valence electrons. The Morgan fingerprint density at radius 1 is 1.00 bits per heavy atom. The summed E-state index contributed by atoms with van der Waals surface area (Å²) in [6, 6.07) is 0. The molecule has 4 fully saturated rings. The number of aromatic hydroxyl groups is 1. The number of carbonyl (C=O) groups is 3. The zero-order chi connectivity index (χ0) is 34.4. The summed E-state index contributed by atoms with van der Waals surface area (Å²) < 4.78 is 20.5. The molecule has 1 aromatic carbocycles. The second-order valence-electron chi connectivity index (χ2n) is 15.2. The molecule has 3 heterocycles. The molecule has 9 nitrogen and oxygen atoms in total. The number of hydrogen-bond acceptors (Lipinski definition) is 8. The molecule has 9 heteroatoms. The molecular weight excluding hydrogens is 600 g/mol. The first-order chi connectivity index (χ1) is 21.9. The third kappa shape index (κ3) is 4.67. The van der Waals surface area contributed by atoms with Crippen molar-refractivity contribution in [2.45, 2.75) is 116 Å². The van der Waals surface area contributed by atoms with E-state index in [0.29, 0.717) is 29.7 Å². The van der Waals surface area contributed by atoms with Crippen LogP contribution in [0.4, 0.5) is 0 Å². The number of Topliss-reactive ketones (excluding diaryl/α,β-unsaturated/α-hetero) is 2. The minimum absolute atomic E-state index is 0.0260. The number of phenols is 1. The summed E-state index contributed by atoms with van der Waals surface area (Å²) in [5.74, 6) is -4.44. The van der Waals surface area contributed by atoms with Crippen molar-refractivity contribution in [3.05, 3.63) is 57.7 Å². The molecule has 3 N–H and O–H groups in total. The average molecular weight is 647 g/mol. The average Bonchev–Trinajstić information content (AvgIpc) is 3.10. The molecule has 3 aliphatic carbocycles. The molecule has 3 saturated carbocycles. The summed E-state index contributed by atoms with van der Waals surface area (Å²) in [6.07, 6.45) is 9.79. The van der Waals surface area contributed by atoms with E-state index in [2.05, 4.69) is 6.08 Å². The monoisotopic (exact) mass is 646 g/mol. The minimum Gasteiger partial charge on any atom is -0.506 e. The number of aliphatic hydroxyl groups is 1. The number of allylic oxidation sites excluding steroid dienone is 4. The van der Waals surface area contributed by atoms with Crippen LogP contribution < -0.4 is 9.47 Å². The zero-order valence-electron chi connectivity index (χ0n) is 28.5. The molecule has 47 heavy (non-hydrogen) atoms. The van der Waals surface area contributed by atoms with E-state index in [9.17, 15) is 29.7 Å². The van der Waals surface area contributed by atoms with E-state index in [1.807, 2.05) is 60.6 Å². The van der Waals surface area contributed by atoms with Crippen molar-refractivity contribution in [2.75, 3.05) is 0 Å². The molecule has 1 spiro atoms. The zero-order valence-corrected chi connectivity index (χ0v) is 28.5. The van der Waals surface area contributed by atoms with Gasteiger partial charge in [0.25, 0.3) is 0 Å². The number of aliphatic hydroxyl groups excluding tert-OH is 1.